The second kappa shape index (κ2) is 6.91. The number of aromatic nitrogens is 3. The van der Waals surface area contributed by atoms with E-state index in [1.807, 2.05) is 6.20 Å². The molecule has 0 bridgehead atoms. The van der Waals surface area contributed by atoms with E-state index in [0.717, 1.165) is 0 Å². The molecule has 1 aromatic rings. The van der Waals surface area contributed by atoms with E-state index >= 15 is 0 Å². The van der Waals surface area contributed by atoms with Crippen LogP contribution in [0.4, 0.5) is 0 Å². The first kappa shape index (κ1) is 13.6. The highest BCUT2D eigenvalue weighted by molar-refractivity contribution is 5.05. The quantitative estimate of drug-likeness (QED) is 0.745. The SMILES string of the molecule is CCCC(CCC)c1cnnn1C1CCCCC1. The topological polar surface area (TPSA) is 30.7 Å². The Hall–Kier alpha value is -0.860. The van der Waals surface area contributed by atoms with Crippen LogP contribution >= 0.6 is 0 Å². The maximum Gasteiger partial charge on any atom is 0.0728 e. The molecule has 0 aliphatic heterocycles. The third-order valence-electron chi connectivity index (χ3n) is 4.22. The standard InChI is InChI=1S/C15H27N3/c1-3-8-13(9-4-2)15-12-16-17-18(15)14-10-6-5-7-11-14/h12-14H,3-11H2,1-2H3. The predicted molar refractivity (Wildman–Crippen MR) is 74.7 cm³/mol. The highest BCUT2D eigenvalue weighted by atomic mass is 15.4. The van der Waals surface area contributed by atoms with Crippen molar-refractivity contribution >= 4 is 0 Å². The molecule has 0 atom stereocenters. The van der Waals surface area contributed by atoms with Gasteiger partial charge in [0.25, 0.3) is 0 Å². The summed E-state index contributed by atoms with van der Waals surface area (Å²) in [5, 5.41) is 8.59. The predicted octanol–water partition coefficient (Wildman–Crippen LogP) is 4.47. The van der Waals surface area contributed by atoms with Gasteiger partial charge in [0.05, 0.1) is 17.9 Å². The Bertz CT molecular complexity index is 333. The van der Waals surface area contributed by atoms with Crippen molar-refractivity contribution in [3.63, 3.8) is 0 Å². The molecular formula is C15H27N3. The van der Waals surface area contributed by atoms with Crippen LogP contribution in [0, 0.1) is 0 Å². The van der Waals surface area contributed by atoms with Crippen LogP contribution in [0.15, 0.2) is 6.20 Å². The van der Waals surface area contributed by atoms with E-state index < -0.39 is 0 Å². The van der Waals surface area contributed by atoms with Gasteiger partial charge in [-0.15, -0.1) is 5.10 Å². The van der Waals surface area contributed by atoms with Crippen molar-refractivity contribution in [3.05, 3.63) is 11.9 Å². The third kappa shape index (κ3) is 3.12. The summed E-state index contributed by atoms with van der Waals surface area (Å²) >= 11 is 0. The smallest absolute Gasteiger partial charge is 0.0728 e. The van der Waals surface area contributed by atoms with Crippen LogP contribution in [0.5, 0.6) is 0 Å². The van der Waals surface area contributed by atoms with E-state index in [-0.39, 0.29) is 0 Å². The lowest BCUT2D eigenvalue weighted by molar-refractivity contribution is 0.309. The Balaban J connectivity index is 2.13. The summed E-state index contributed by atoms with van der Waals surface area (Å²) < 4.78 is 2.26. The fourth-order valence-electron chi connectivity index (χ4n) is 3.29. The normalized spacial score (nSPS) is 17.5. The molecule has 18 heavy (non-hydrogen) atoms. The minimum atomic E-state index is 0.618. The molecule has 1 fully saturated rings. The average Bonchev–Trinajstić information content (AvgIpc) is 2.88. The van der Waals surface area contributed by atoms with E-state index in [1.54, 1.807) is 0 Å². The Labute approximate surface area is 111 Å². The molecule has 1 aromatic heterocycles. The van der Waals surface area contributed by atoms with E-state index in [1.165, 1.54) is 63.5 Å². The summed E-state index contributed by atoms with van der Waals surface area (Å²) in [4.78, 5) is 0. The Morgan fingerprint density at radius 3 is 2.44 bits per heavy atom. The van der Waals surface area contributed by atoms with Crippen LogP contribution < -0.4 is 0 Å². The molecule has 3 heteroatoms. The van der Waals surface area contributed by atoms with Gasteiger partial charge in [0.1, 0.15) is 0 Å². The number of rotatable bonds is 6. The minimum Gasteiger partial charge on any atom is -0.246 e. The van der Waals surface area contributed by atoms with Crippen molar-refractivity contribution < 1.29 is 0 Å². The molecule has 2 rings (SSSR count). The van der Waals surface area contributed by atoms with Gasteiger partial charge in [-0.25, -0.2) is 4.68 Å². The van der Waals surface area contributed by atoms with Gasteiger partial charge in [0, 0.05) is 5.92 Å². The van der Waals surface area contributed by atoms with Gasteiger partial charge in [-0.2, -0.15) is 0 Å². The molecule has 0 radical (unpaired) electrons. The fraction of sp³-hybridized carbons (Fsp3) is 0.867. The van der Waals surface area contributed by atoms with Crippen molar-refractivity contribution in [2.45, 2.75) is 83.6 Å². The van der Waals surface area contributed by atoms with Gasteiger partial charge in [-0.1, -0.05) is 51.2 Å². The van der Waals surface area contributed by atoms with Crippen LogP contribution in [0.2, 0.25) is 0 Å². The van der Waals surface area contributed by atoms with Crippen molar-refractivity contribution in [2.75, 3.05) is 0 Å². The van der Waals surface area contributed by atoms with Gasteiger partial charge < -0.3 is 0 Å². The molecule has 0 saturated heterocycles. The van der Waals surface area contributed by atoms with Crippen LogP contribution in [0.25, 0.3) is 0 Å². The largest absolute Gasteiger partial charge is 0.246 e. The molecule has 1 aliphatic rings. The number of hydrogen-bond acceptors (Lipinski definition) is 2. The zero-order valence-corrected chi connectivity index (χ0v) is 11.9. The molecule has 0 N–H and O–H groups in total. The van der Waals surface area contributed by atoms with Crippen LogP contribution in [0.3, 0.4) is 0 Å². The monoisotopic (exact) mass is 249 g/mol. The lowest BCUT2D eigenvalue weighted by atomic mass is 9.92. The van der Waals surface area contributed by atoms with Crippen molar-refractivity contribution in [2.24, 2.45) is 0 Å². The highest BCUT2D eigenvalue weighted by Gasteiger charge is 2.22. The first-order valence-corrected chi connectivity index (χ1v) is 7.76. The van der Waals surface area contributed by atoms with Crippen molar-refractivity contribution in [1.82, 2.24) is 15.0 Å². The molecule has 102 valence electrons. The highest BCUT2D eigenvalue weighted by Crippen LogP contribution is 2.32. The van der Waals surface area contributed by atoms with E-state index in [4.69, 9.17) is 0 Å². The summed E-state index contributed by atoms with van der Waals surface area (Å²) in [7, 11) is 0. The Kier molecular flexibility index (Phi) is 5.21. The van der Waals surface area contributed by atoms with Crippen LogP contribution in [0.1, 0.15) is 89.3 Å². The van der Waals surface area contributed by atoms with E-state index in [2.05, 4.69) is 28.8 Å². The molecule has 1 heterocycles. The van der Waals surface area contributed by atoms with Gasteiger partial charge in [-0.05, 0) is 25.7 Å². The molecule has 0 aromatic carbocycles. The maximum atomic E-state index is 4.39. The van der Waals surface area contributed by atoms with Gasteiger partial charge in [-0.3, -0.25) is 0 Å². The first-order valence-electron chi connectivity index (χ1n) is 7.76. The van der Waals surface area contributed by atoms with Crippen molar-refractivity contribution in [1.29, 1.82) is 0 Å². The summed E-state index contributed by atoms with van der Waals surface area (Å²) in [6.07, 6.45) is 13.8. The molecule has 0 spiro atoms. The van der Waals surface area contributed by atoms with E-state index in [0.29, 0.717) is 12.0 Å². The summed E-state index contributed by atoms with van der Waals surface area (Å²) in [5.41, 5.74) is 1.39. The summed E-state index contributed by atoms with van der Waals surface area (Å²) in [6.45, 7) is 4.55. The number of hydrogen-bond donors (Lipinski definition) is 0. The fourth-order valence-corrected chi connectivity index (χ4v) is 3.29. The van der Waals surface area contributed by atoms with Crippen LogP contribution in [-0.4, -0.2) is 15.0 Å². The third-order valence-corrected chi connectivity index (χ3v) is 4.22. The average molecular weight is 249 g/mol. The zero-order valence-electron chi connectivity index (χ0n) is 11.9. The molecule has 3 nitrogen and oxygen atoms in total. The second-order valence-corrected chi connectivity index (χ2v) is 5.67. The molecule has 1 saturated carbocycles. The lowest BCUT2D eigenvalue weighted by Gasteiger charge is -2.25. The van der Waals surface area contributed by atoms with E-state index in [9.17, 15) is 0 Å². The summed E-state index contributed by atoms with van der Waals surface area (Å²) in [6, 6.07) is 0.618. The molecule has 0 amide bonds. The minimum absolute atomic E-state index is 0.618. The van der Waals surface area contributed by atoms with Gasteiger partial charge in [0.2, 0.25) is 0 Å². The van der Waals surface area contributed by atoms with Gasteiger partial charge >= 0.3 is 0 Å². The van der Waals surface area contributed by atoms with Gasteiger partial charge in [0.15, 0.2) is 0 Å². The lowest BCUT2D eigenvalue weighted by Crippen LogP contribution is -2.18. The maximum absolute atomic E-state index is 4.39. The Morgan fingerprint density at radius 2 is 1.83 bits per heavy atom. The molecule has 1 aliphatic carbocycles. The van der Waals surface area contributed by atoms with Crippen molar-refractivity contribution in [3.8, 4) is 0 Å². The second-order valence-electron chi connectivity index (χ2n) is 5.67. The molecule has 0 unspecified atom stereocenters. The Morgan fingerprint density at radius 1 is 1.17 bits per heavy atom. The molecular weight excluding hydrogens is 222 g/mol. The first-order chi connectivity index (χ1) is 8.86. The summed E-state index contributed by atoms with van der Waals surface area (Å²) in [5.74, 6) is 0.664. The number of nitrogens with zero attached hydrogens (tertiary/aromatic N) is 3. The van der Waals surface area contributed by atoms with Crippen LogP contribution in [-0.2, 0) is 0 Å². The zero-order chi connectivity index (χ0) is 12.8.